The fraction of sp³-hybridized carbons (Fsp3) is 0.167. The average molecular weight is 284 g/mol. The lowest BCUT2D eigenvalue weighted by Gasteiger charge is -2.08. The summed E-state index contributed by atoms with van der Waals surface area (Å²) in [6.07, 6.45) is 4.09. The summed E-state index contributed by atoms with van der Waals surface area (Å²) in [5.41, 5.74) is 1.72. The van der Waals surface area contributed by atoms with Crippen LogP contribution in [0.4, 0.5) is 4.39 Å². The third-order valence-electron chi connectivity index (χ3n) is 2.97. The predicted octanol–water partition coefficient (Wildman–Crippen LogP) is 4.05. The van der Waals surface area contributed by atoms with Gasteiger partial charge in [0.2, 0.25) is 0 Å². The van der Waals surface area contributed by atoms with Crippen LogP contribution in [0.1, 0.15) is 18.1 Å². The van der Waals surface area contributed by atoms with Crippen LogP contribution in [0, 0.1) is 5.82 Å². The molecule has 0 aliphatic rings. The lowest BCUT2D eigenvalue weighted by Crippen LogP contribution is -2.14. The molecule has 0 atom stereocenters. The van der Waals surface area contributed by atoms with Gasteiger partial charge in [-0.15, -0.1) is 0 Å². The fourth-order valence-electron chi connectivity index (χ4n) is 1.97. The van der Waals surface area contributed by atoms with Gasteiger partial charge < -0.3 is 4.74 Å². The number of hydrogen-bond acceptors (Lipinski definition) is 2. The van der Waals surface area contributed by atoms with Crippen LogP contribution >= 0.6 is 0 Å². The molecule has 3 heteroatoms. The van der Waals surface area contributed by atoms with Gasteiger partial charge in [-0.25, -0.2) is 4.39 Å². The smallest absolute Gasteiger partial charge is 0.174 e. The van der Waals surface area contributed by atoms with Gasteiger partial charge in [0.15, 0.2) is 5.78 Å². The van der Waals surface area contributed by atoms with Gasteiger partial charge in [-0.05, 0) is 30.7 Å². The summed E-state index contributed by atoms with van der Waals surface area (Å²) in [6, 6.07) is 13.5. The van der Waals surface area contributed by atoms with Gasteiger partial charge in [-0.1, -0.05) is 42.5 Å². The lowest BCUT2D eigenvalue weighted by molar-refractivity contribution is -0.120. The fourth-order valence-corrected chi connectivity index (χ4v) is 1.97. The summed E-state index contributed by atoms with van der Waals surface area (Å²) < 4.78 is 18.4. The molecule has 108 valence electrons. The Hall–Kier alpha value is -2.42. The minimum Gasteiger partial charge on any atom is -0.485 e. The van der Waals surface area contributed by atoms with E-state index in [-0.39, 0.29) is 24.6 Å². The Bertz CT molecular complexity index is 630. The number of benzene rings is 2. The molecule has 0 fully saturated rings. The first kappa shape index (κ1) is 15.0. The molecule has 0 spiro atoms. The molecule has 0 unspecified atom stereocenters. The van der Waals surface area contributed by atoms with Crippen LogP contribution in [0.25, 0.3) is 6.08 Å². The SMILES string of the molecule is CC=Cc1ccccc1OCC(=O)Cc1ccc(F)cc1. The zero-order valence-electron chi connectivity index (χ0n) is 11.9. The third-order valence-corrected chi connectivity index (χ3v) is 2.97. The zero-order chi connectivity index (χ0) is 15.1. The Balaban J connectivity index is 1.93. The van der Waals surface area contributed by atoms with Gasteiger partial charge in [0.05, 0.1) is 0 Å². The van der Waals surface area contributed by atoms with E-state index in [9.17, 15) is 9.18 Å². The molecule has 0 aromatic heterocycles. The number of carbonyl (C=O) groups is 1. The molecule has 0 aliphatic heterocycles. The van der Waals surface area contributed by atoms with E-state index in [1.807, 2.05) is 43.3 Å². The van der Waals surface area contributed by atoms with Crippen molar-refractivity contribution in [1.29, 1.82) is 0 Å². The molecule has 0 saturated carbocycles. The van der Waals surface area contributed by atoms with E-state index in [0.717, 1.165) is 11.1 Å². The Kier molecular flexibility index (Phi) is 5.27. The first-order valence-corrected chi connectivity index (χ1v) is 6.79. The van der Waals surface area contributed by atoms with Crippen LogP contribution in [0.15, 0.2) is 54.6 Å². The van der Waals surface area contributed by atoms with Gasteiger partial charge >= 0.3 is 0 Å². The molecule has 0 amide bonds. The summed E-state index contributed by atoms with van der Waals surface area (Å²) in [6.45, 7) is 1.93. The van der Waals surface area contributed by atoms with Crippen molar-refractivity contribution in [3.63, 3.8) is 0 Å². The maximum Gasteiger partial charge on any atom is 0.174 e. The van der Waals surface area contributed by atoms with Crippen molar-refractivity contribution in [3.8, 4) is 5.75 Å². The number of hydrogen-bond donors (Lipinski definition) is 0. The van der Waals surface area contributed by atoms with Crippen molar-refractivity contribution < 1.29 is 13.9 Å². The minimum atomic E-state index is -0.303. The van der Waals surface area contributed by atoms with Gasteiger partial charge in [-0.2, -0.15) is 0 Å². The van der Waals surface area contributed by atoms with Crippen LogP contribution in [-0.2, 0) is 11.2 Å². The Morgan fingerprint density at radius 3 is 2.57 bits per heavy atom. The topological polar surface area (TPSA) is 26.3 Å². The lowest BCUT2D eigenvalue weighted by atomic mass is 10.1. The van der Waals surface area contributed by atoms with Gasteiger partial charge in [0.25, 0.3) is 0 Å². The molecule has 0 saturated heterocycles. The number of ether oxygens (including phenoxy) is 1. The molecule has 2 nitrogen and oxygen atoms in total. The minimum absolute atomic E-state index is 0.00590. The van der Waals surface area contributed by atoms with Crippen molar-refractivity contribution in [2.45, 2.75) is 13.3 Å². The first-order chi connectivity index (χ1) is 10.2. The number of rotatable bonds is 6. The Morgan fingerprint density at radius 1 is 1.14 bits per heavy atom. The van der Waals surface area contributed by atoms with Gasteiger partial charge in [0.1, 0.15) is 18.2 Å². The Morgan fingerprint density at radius 2 is 1.86 bits per heavy atom. The molecule has 2 aromatic carbocycles. The number of para-hydroxylation sites is 1. The maximum atomic E-state index is 12.8. The number of halogens is 1. The second-order valence-corrected chi connectivity index (χ2v) is 4.67. The number of ketones is 1. The van der Waals surface area contributed by atoms with Crippen LogP contribution in [-0.4, -0.2) is 12.4 Å². The van der Waals surface area contributed by atoms with Crippen molar-refractivity contribution in [1.82, 2.24) is 0 Å². The standard InChI is InChI=1S/C18H17FO2/c1-2-5-15-6-3-4-7-18(15)21-13-17(20)12-14-8-10-16(19)11-9-14/h2-11H,12-13H2,1H3. The maximum absolute atomic E-state index is 12.8. The van der Waals surface area contributed by atoms with E-state index in [2.05, 4.69) is 0 Å². The van der Waals surface area contributed by atoms with E-state index >= 15 is 0 Å². The first-order valence-electron chi connectivity index (χ1n) is 6.79. The second-order valence-electron chi connectivity index (χ2n) is 4.67. The molecule has 0 N–H and O–H groups in total. The van der Waals surface area contributed by atoms with E-state index in [4.69, 9.17) is 4.74 Å². The highest BCUT2D eigenvalue weighted by Crippen LogP contribution is 2.19. The molecular formula is C18H17FO2. The van der Waals surface area contributed by atoms with Crippen LogP contribution in [0.3, 0.4) is 0 Å². The van der Waals surface area contributed by atoms with E-state index in [1.54, 1.807) is 12.1 Å². The summed E-state index contributed by atoms with van der Waals surface area (Å²) in [7, 11) is 0. The third kappa shape index (κ3) is 4.56. The van der Waals surface area contributed by atoms with E-state index in [0.29, 0.717) is 5.75 Å². The van der Waals surface area contributed by atoms with Gasteiger partial charge in [0, 0.05) is 12.0 Å². The van der Waals surface area contributed by atoms with Gasteiger partial charge in [-0.3, -0.25) is 4.79 Å². The highest BCUT2D eigenvalue weighted by Gasteiger charge is 2.07. The van der Waals surface area contributed by atoms with Crippen molar-refractivity contribution in [2.75, 3.05) is 6.61 Å². The number of Topliss-reactive ketones (excluding diaryl/α,β-unsaturated/α-hetero) is 1. The highest BCUT2D eigenvalue weighted by atomic mass is 19.1. The van der Waals surface area contributed by atoms with E-state index in [1.165, 1.54) is 12.1 Å². The average Bonchev–Trinajstić information content (AvgIpc) is 2.49. The summed E-state index contributed by atoms with van der Waals surface area (Å²) in [5.74, 6) is 0.336. The molecule has 0 heterocycles. The van der Waals surface area contributed by atoms with Crippen LogP contribution < -0.4 is 4.74 Å². The molecular weight excluding hydrogens is 267 g/mol. The predicted molar refractivity (Wildman–Crippen MR) is 81.8 cm³/mol. The van der Waals surface area contributed by atoms with Crippen molar-refractivity contribution in [3.05, 3.63) is 71.6 Å². The molecule has 0 aliphatic carbocycles. The number of allylic oxidation sites excluding steroid dienone is 1. The zero-order valence-corrected chi connectivity index (χ0v) is 11.9. The molecule has 2 rings (SSSR count). The highest BCUT2D eigenvalue weighted by molar-refractivity contribution is 5.82. The van der Waals surface area contributed by atoms with Crippen LogP contribution in [0.5, 0.6) is 5.75 Å². The Labute approximate surface area is 123 Å². The van der Waals surface area contributed by atoms with E-state index < -0.39 is 0 Å². The molecule has 0 radical (unpaired) electrons. The molecule has 21 heavy (non-hydrogen) atoms. The largest absolute Gasteiger partial charge is 0.485 e. The normalized spacial score (nSPS) is 10.8. The monoisotopic (exact) mass is 284 g/mol. The molecule has 0 bridgehead atoms. The quantitative estimate of drug-likeness (QED) is 0.800. The van der Waals surface area contributed by atoms with Crippen molar-refractivity contribution in [2.24, 2.45) is 0 Å². The summed E-state index contributed by atoms with van der Waals surface area (Å²) in [4.78, 5) is 11.9. The second kappa shape index (κ2) is 7.39. The summed E-state index contributed by atoms with van der Waals surface area (Å²) >= 11 is 0. The van der Waals surface area contributed by atoms with Crippen molar-refractivity contribution >= 4 is 11.9 Å². The van der Waals surface area contributed by atoms with Crippen LogP contribution in [0.2, 0.25) is 0 Å². The molecule has 2 aromatic rings. The number of carbonyl (C=O) groups excluding carboxylic acids is 1. The summed E-state index contributed by atoms with van der Waals surface area (Å²) in [5, 5.41) is 0.